The summed E-state index contributed by atoms with van der Waals surface area (Å²) in [4.78, 5) is 13.8. The standard InChI is InChI=1S/C18H27NO5S/c1-18(2,3)23-17(20)19-12-7-10-16(11-13-19)24-25(21,22)14-15-8-5-4-6-9-15/h4-6,8-9,16H,7,10-14H2,1-3H3. The third kappa shape index (κ3) is 7.04. The van der Waals surface area contributed by atoms with Gasteiger partial charge in [-0.15, -0.1) is 0 Å². The maximum absolute atomic E-state index is 12.3. The van der Waals surface area contributed by atoms with Gasteiger partial charge >= 0.3 is 6.09 Å². The summed E-state index contributed by atoms with van der Waals surface area (Å²) in [7, 11) is -3.65. The normalized spacial score (nSPS) is 19.3. The number of carbonyl (C=O) groups is 1. The van der Waals surface area contributed by atoms with Gasteiger partial charge in [0.25, 0.3) is 10.1 Å². The summed E-state index contributed by atoms with van der Waals surface area (Å²) in [6.07, 6.45) is 1.01. The van der Waals surface area contributed by atoms with Crippen LogP contribution < -0.4 is 0 Å². The molecule has 0 saturated carbocycles. The van der Waals surface area contributed by atoms with Gasteiger partial charge in [-0.25, -0.2) is 4.79 Å². The molecule has 0 aliphatic carbocycles. The van der Waals surface area contributed by atoms with Gasteiger partial charge in [-0.05, 0) is 45.6 Å². The molecule has 2 rings (SSSR count). The number of likely N-dealkylation sites (tertiary alicyclic amines) is 1. The fourth-order valence-electron chi connectivity index (χ4n) is 2.69. The summed E-state index contributed by atoms with van der Waals surface area (Å²) in [6, 6.07) is 8.97. The molecule has 6 nitrogen and oxygen atoms in total. The Balaban J connectivity index is 1.89. The molecule has 1 heterocycles. The monoisotopic (exact) mass is 369 g/mol. The molecular weight excluding hydrogens is 342 g/mol. The summed E-state index contributed by atoms with van der Waals surface area (Å²) < 4.78 is 35.3. The van der Waals surface area contributed by atoms with Gasteiger partial charge in [-0.3, -0.25) is 4.18 Å². The van der Waals surface area contributed by atoms with Crippen LogP contribution >= 0.6 is 0 Å². The van der Waals surface area contributed by atoms with E-state index in [4.69, 9.17) is 8.92 Å². The molecule has 1 aromatic carbocycles. The quantitative estimate of drug-likeness (QED) is 0.761. The number of benzene rings is 1. The lowest BCUT2D eigenvalue weighted by molar-refractivity contribution is 0.0252. The Kier molecular flexibility index (Phi) is 6.46. The van der Waals surface area contributed by atoms with Crippen LogP contribution in [0.25, 0.3) is 0 Å². The second-order valence-corrected chi connectivity index (χ2v) is 8.90. The molecule has 7 heteroatoms. The lowest BCUT2D eigenvalue weighted by atomic mass is 10.2. The fourth-order valence-corrected chi connectivity index (χ4v) is 3.97. The van der Waals surface area contributed by atoms with E-state index >= 15 is 0 Å². The number of rotatable bonds is 4. The van der Waals surface area contributed by atoms with E-state index in [0.717, 1.165) is 0 Å². The summed E-state index contributed by atoms with van der Waals surface area (Å²) in [5.41, 5.74) is 0.157. The molecule has 1 amide bonds. The number of nitrogens with zero attached hydrogens (tertiary/aromatic N) is 1. The molecule has 0 N–H and O–H groups in total. The van der Waals surface area contributed by atoms with Gasteiger partial charge in [-0.1, -0.05) is 30.3 Å². The van der Waals surface area contributed by atoms with Crippen molar-refractivity contribution < 1.29 is 22.1 Å². The highest BCUT2D eigenvalue weighted by Crippen LogP contribution is 2.20. The van der Waals surface area contributed by atoms with Crippen LogP contribution in [0, 0.1) is 0 Å². The van der Waals surface area contributed by atoms with Crippen molar-refractivity contribution in [1.29, 1.82) is 0 Å². The molecule has 1 atom stereocenters. The number of hydrogen-bond donors (Lipinski definition) is 0. The maximum Gasteiger partial charge on any atom is 0.410 e. The summed E-state index contributed by atoms with van der Waals surface area (Å²) in [5, 5.41) is 0. The third-order valence-corrected chi connectivity index (χ3v) is 5.05. The molecule has 1 saturated heterocycles. The summed E-state index contributed by atoms with van der Waals surface area (Å²) >= 11 is 0. The maximum atomic E-state index is 12.3. The average Bonchev–Trinajstić information content (AvgIpc) is 2.71. The highest BCUT2D eigenvalue weighted by atomic mass is 32.2. The Morgan fingerprint density at radius 3 is 2.48 bits per heavy atom. The second kappa shape index (κ2) is 8.19. The first-order valence-electron chi connectivity index (χ1n) is 8.57. The Bertz CT molecular complexity index is 666. The fraction of sp³-hybridized carbons (Fsp3) is 0.611. The molecule has 1 aromatic rings. The van der Waals surface area contributed by atoms with Gasteiger partial charge in [0.05, 0.1) is 6.10 Å². The SMILES string of the molecule is CC(C)(C)OC(=O)N1CCCC(OS(=O)(=O)Cc2ccccc2)CC1. The molecule has 1 aliphatic heterocycles. The van der Waals surface area contributed by atoms with E-state index in [1.54, 1.807) is 29.2 Å². The predicted molar refractivity (Wildman–Crippen MR) is 95.6 cm³/mol. The van der Waals surface area contributed by atoms with Crippen molar-refractivity contribution in [2.24, 2.45) is 0 Å². The highest BCUT2D eigenvalue weighted by Gasteiger charge is 2.27. The molecular formula is C18H27NO5S. The number of carbonyl (C=O) groups excluding carboxylic acids is 1. The molecule has 1 fully saturated rings. The van der Waals surface area contributed by atoms with Crippen LogP contribution in [0.2, 0.25) is 0 Å². The largest absolute Gasteiger partial charge is 0.444 e. The molecule has 1 aliphatic rings. The van der Waals surface area contributed by atoms with E-state index in [9.17, 15) is 13.2 Å². The lowest BCUT2D eigenvalue weighted by Crippen LogP contribution is -2.37. The first-order valence-corrected chi connectivity index (χ1v) is 10.2. The van der Waals surface area contributed by atoms with E-state index in [1.165, 1.54) is 0 Å². The Morgan fingerprint density at radius 2 is 1.84 bits per heavy atom. The predicted octanol–water partition coefficient (Wildman–Crippen LogP) is 3.32. The van der Waals surface area contributed by atoms with Gasteiger partial charge < -0.3 is 9.64 Å². The minimum Gasteiger partial charge on any atom is -0.444 e. The van der Waals surface area contributed by atoms with Gasteiger partial charge in [0.15, 0.2) is 0 Å². The van der Waals surface area contributed by atoms with Gasteiger partial charge in [0.2, 0.25) is 0 Å². The third-order valence-electron chi connectivity index (χ3n) is 3.80. The van der Waals surface area contributed by atoms with Crippen molar-refractivity contribution in [3.63, 3.8) is 0 Å². The van der Waals surface area contributed by atoms with Crippen LogP contribution in [0.1, 0.15) is 45.6 Å². The summed E-state index contributed by atoms with van der Waals surface area (Å²) in [5.74, 6) is -0.139. The van der Waals surface area contributed by atoms with E-state index in [0.29, 0.717) is 37.9 Å². The van der Waals surface area contributed by atoms with Crippen LogP contribution in [0.4, 0.5) is 4.79 Å². The zero-order valence-corrected chi connectivity index (χ0v) is 15.9. The lowest BCUT2D eigenvalue weighted by Gasteiger charge is -2.26. The van der Waals surface area contributed by atoms with Gasteiger partial charge in [-0.2, -0.15) is 8.42 Å². The number of amides is 1. The molecule has 0 aromatic heterocycles. The molecule has 1 unspecified atom stereocenters. The van der Waals surface area contributed by atoms with Crippen molar-refractivity contribution >= 4 is 16.2 Å². The minimum atomic E-state index is -3.65. The molecule has 140 valence electrons. The van der Waals surface area contributed by atoms with Crippen LogP contribution in [-0.4, -0.2) is 44.2 Å². The van der Waals surface area contributed by atoms with E-state index in [1.807, 2.05) is 26.8 Å². The first kappa shape index (κ1) is 19.7. The Labute approximate surface area is 150 Å². The molecule has 0 radical (unpaired) electrons. The van der Waals surface area contributed by atoms with E-state index in [2.05, 4.69) is 0 Å². The Hall–Kier alpha value is -1.60. The zero-order valence-electron chi connectivity index (χ0n) is 15.1. The van der Waals surface area contributed by atoms with Crippen molar-refractivity contribution in [3.8, 4) is 0 Å². The molecule has 25 heavy (non-hydrogen) atoms. The first-order chi connectivity index (χ1) is 11.6. The Morgan fingerprint density at radius 1 is 1.16 bits per heavy atom. The number of ether oxygens (including phenoxy) is 1. The second-order valence-electron chi connectivity index (χ2n) is 7.30. The smallest absolute Gasteiger partial charge is 0.410 e. The minimum absolute atomic E-state index is 0.139. The van der Waals surface area contributed by atoms with Gasteiger partial charge in [0.1, 0.15) is 11.4 Å². The summed E-state index contributed by atoms with van der Waals surface area (Å²) in [6.45, 7) is 6.45. The van der Waals surface area contributed by atoms with Crippen molar-refractivity contribution in [2.45, 2.75) is 57.5 Å². The van der Waals surface area contributed by atoms with Crippen molar-refractivity contribution in [2.75, 3.05) is 13.1 Å². The van der Waals surface area contributed by atoms with Crippen molar-refractivity contribution in [3.05, 3.63) is 35.9 Å². The van der Waals surface area contributed by atoms with Crippen LogP contribution in [-0.2, 0) is 24.8 Å². The van der Waals surface area contributed by atoms with Crippen LogP contribution in [0.3, 0.4) is 0 Å². The number of hydrogen-bond acceptors (Lipinski definition) is 5. The molecule has 0 bridgehead atoms. The molecule has 0 spiro atoms. The topological polar surface area (TPSA) is 72.9 Å². The van der Waals surface area contributed by atoms with Gasteiger partial charge in [0, 0.05) is 13.1 Å². The highest BCUT2D eigenvalue weighted by molar-refractivity contribution is 7.85. The van der Waals surface area contributed by atoms with E-state index in [-0.39, 0.29) is 11.8 Å². The average molecular weight is 369 g/mol. The van der Waals surface area contributed by atoms with Crippen LogP contribution in [0.5, 0.6) is 0 Å². The van der Waals surface area contributed by atoms with E-state index < -0.39 is 21.8 Å². The van der Waals surface area contributed by atoms with Crippen molar-refractivity contribution in [1.82, 2.24) is 4.90 Å². The van der Waals surface area contributed by atoms with Crippen LogP contribution in [0.15, 0.2) is 30.3 Å². The zero-order chi connectivity index (χ0) is 18.5.